The monoisotopic (exact) mass is 499 g/mol. The average Bonchev–Trinajstić information content (AvgIpc) is 3.25. The normalized spacial score (nSPS) is 10.9. The number of rotatable bonds is 10. The Labute approximate surface area is 207 Å². The molecule has 0 radical (unpaired) electrons. The average molecular weight is 500 g/mol. The van der Waals surface area contributed by atoms with Gasteiger partial charge in [0.25, 0.3) is 11.8 Å². The molecule has 0 aliphatic carbocycles. The van der Waals surface area contributed by atoms with E-state index in [9.17, 15) is 18.8 Å². The fourth-order valence-corrected chi connectivity index (χ4v) is 3.56. The zero-order valence-electron chi connectivity index (χ0n) is 19.7. The first-order valence-corrected chi connectivity index (χ1v) is 11.5. The number of amides is 2. The lowest BCUT2D eigenvalue weighted by molar-refractivity contribution is 0.0932. The Morgan fingerprint density at radius 2 is 1.80 bits per heavy atom. The summed E-state index contributed by atoms with van der Waals surface area (Å²) >= 11 is 5.97. The largest absolute Gasteiger partial charge is 0.349 e. The number of nitrogens with zero attached hydrogens (tertiary/aromatic N) is 2. The van der Waals surface area contributed by atoms with Crippen LogP contribution in [0.25, 0.3) is 0 Å². The van der Waals surface area contributed by atoms with E-state index in [1.165, 1.54) is 12.1 Å². The molecule has 10 heteroatoms. The number of imidazole rings is 1. The molecule has 0 saturated heterocycles. The van der Waals surface area contributed by atoms with Gasteiger partial charge in [-0.05, 0) is 50.0 Å². The van der Waals surface area contributed by atoms with Crippen LogP contribution in [0.5, 0.6) is 0 Å². The lowest BCUT2D eigenvalue weighted by Gasteiger charge is -2.10. The fraction of sp³-hybridized carbons (Fsp3) is 0.280. The molecular weight excluding hydrogens is 473 g/mol. The van der Waals surface area contributed by atoms with Gasteiger partial charge < -0.3 is 20.5 Å². The molecule has 3 rings (SSSR count). The van der Waals surface area contributed by atoms with Crippen LogP contribution in [0.4, 0.5) is 10.1 Å². The van der Waals surface area contributed by atoms with Gasteiger partial charge in [-0.1, -0.05) is 30.7 Å². The second-order valence-electron chi connectivity index (χ2n) is 8.20. The number of Topliss-reactive ketones (excluding diaryl/α,β-unsaturated/α-hetero) is 1. The molecule has 35 heavy (non-hydrogen) atoms. The van der Waals surface area contributed by atoms with Crippen LogP contribution < -0.4 is 10.6 Å². The molecule has 0 spiro atoms. The molecule has 0 bridgehead atoms. The van der Waals surface area contributed by atoms with Crippen LogP contribution >= 0.6 is 11.6 Å². The van der Waals surface area contributed by atoms with Gasteiger partial charge in [-0.25, -0.2) is 9.37 Å². The number of aromatic nitrogens is 2. The van der Waals surface area contributed by atoms with Gasteiger partial charge in [0.15, 0.2) is 11.5 Å². The van der Waals surface area contributed by atoms with E-state index in [0.717, 1.165) is 6.07 Å². The van der Waals surface area contributed by atoms with Crippen LogP contribution in [-0.2, 0) is 12.8 Å². The quantitative estimate of drug-likeness (QED) is 0.368. The van der Waals surface area contributed by atoms with Gasteiger partial charge >= 0.3 is 0 Å². The third kappa shape index (κ3) is 6.97. The van der Waals surface area contributed by atoms with Gasteiger partial charge in [-0.3, -0.25) is 14.4 Å². The molecule has 0 unspecified atom stereocenters. The van der Waals surface area contributed by atoms with Gasteiger partial charge in [0.1, 0.15) is 17.3 Å². The summed E-state index contributed by atoms with van der Waals surface area (Å²) in [6.07, 6.45) is 0.599. The Hall–Kier alpha value is -3.56. The van der Waals surface area contributed by atoms with Crippen LogP contribution in [0, 0.1) is 5.82 Å². The van der Waals surface area contributed by atoms with E-state index < -0.39 is 17.6 Å². The van der Waals surface area contributed by atoms with Crippen molar-refractivity contribution in [1.82, 2.24) is 20.2 Å². The molecule has 0 saturated carbocycles. The zero-order chi connectivity index (χ0) is 25.5. The molecule has 3 aromatic rings. The molecule has 184 valence electrons. The maximum absolute atomic E-state index is 13.2. The Morgan fingerprint density at radius 3 is 2.43 bits per heavy atom. The van der Waals surface area contributed by atoms with Crippen molar-refractivity contribution < 1.29 is 18.8 Å². The number of carbonyl (C=O) groups is 3. The predicted molar refractivity (Wildman–Crippen MR) is 133 cm³/mol. The number of nitrogens with one attached hydrogen (secondary N) is 3. The summed E-state index contributed by atoms with van der Waals surface area (Å²) in [5.41, 5.74) is 1.53. The van der Waals surface area contributed by atoms with Crippen LogP contribution in [0.1, 0.15) is 49.6 Å². The van der Waals surface area contributed by atoms with Crippen molar-refractivity contribution in [2.75, 3.05) is 32.5 Å². The summed E-state index contributed by atoms with van der Waals surface area (Å²) in [5, 5.41) is 5.58. The number of aromatic amines is 1. The highest BCUT2D eigenvalue weighted by molar-refractivity contribution is 6.34. The summed E-state index contributed by atoms with van der Waals surface area (Å²) in [4.78, 5) is 47.1. The van der Waals surface area contributed by atoms with E-state index in [1.54, 1.807) is 24.3 Å². The summed E-state index contributed by atoms with van der Waals surface area (Å²) in [5.74, 6) is -1.16. The van der Waals surface area contributed by atoms with Crippen molar-refractivity contribution in [3.63, 3.8) is 0 Å². The van der Waals surface area contributed by atoms with Gasteiger partial charge in [0, 0.05) is 37.2 Å². The summed E-state index contributed by atoms with van der Waals surface area (Å²) in [7, 11) is 3.80. The minimum atomic E-state index is -0.527. The Bertz CT molecular complexity index is 1220. The number of benzene rings is 2. The second-order valence-corrected chi connectivity index (χ2v) is 8.60. The molecular formula is C25H27ClFN5O3. The van der Waals surface area contributed by atoms with E-state index in [-0.39, 0.29) is 34.2 Å². The number of halogens is 2. The van der Waals surface area contributed by atoms with Crippen LogP contribution in [0.2, 0.25) is 5.02 Å². The van der Waals surface area contributed by atoms with Gasteiger partial charge in [0.2, 0.25) is 0 Å². The lowest BCUT2D eigenvalue weighted by atomic mass is 10.0. The summed E-state index contributed by atoms with van der Waals surface area (Å²) in [6.45, 7) is 2.95. The summed E-state index contributed by atoms with van der Waals surface area (Å²) in [6, 6.07) is 10.3. The first-order valence-electron chi connectivity index (χ1n) is 11.1. The van der Waals surface area contributed by atoms with Gasteiger partial charge in [-0.15, -0.1) is 0 Å². The number of likely N-dealkylation sites (N-methyl/N-ethyl adjacent to an activating group) is 1. The molecule has 1 aromatic heterocycles. The molecule has 2 amide bonds. The predicted octanol–water partition coefficient (Wildman–Crippen LogP) is 3.73. The van der Waals surface area contributed by atoms with E-state index >= 15 is 0 Å². The molecule has 0 aliphatic rings. The maximum atomic E-state index is 13.2. The first-order chi connectivity index (χ1) is 16.7. The minimum Gasteiger partial charge on any atom is -0.349 e. The molecule has 2 aromatic carbocycles. The van der Waals surface area contributed by atoms with Crippen LogP contribution in [-0.4, -0.2) is 59.7 Å². The fourth-order valence-electron chi connectivity index (χ4n) is 3.29. The minimum absolute atomic E-state index is 0.00871. The van der Waals surface area contributed by atoms with Crippen molar-refractivity contribution in [3.05, 3.63) is 81.6 Å². The summed E-state index contributed by atoms with van der Waals surface area (Å²) < 4.78 is 13.2. The Kier molecular flexibility index (Phi) is 8.73. The molecule has 8 nitrogen and oxygen atoms in total. The second kappa shape index (κ2) is 11.7. The number of hydrogen-bond donors (Lipinski definition) is 3. The molecule has 0 aliphatic heterocycles. The smallest absolute Gasteiger partial charge is 0.276 e. The number of anilines is 1. The van der Waals surface area contributed by atoms with Gasteiger partial charge in [-0.2, -0.15) is 0 Å². The van der Waals surface area contributed by atoms with E-state index in [0.29, 0.717) is 36.6 Å². The topological polar surface area (TPSA) is 107 Å². The third-order valence-electron chi connectivity index (χ3n) is 5.18. The maximum Gasteiger partial charge on any atom is 0.276 e. The SMILES string of the molecule is CCc1nc(C(=O)Nc2ccc(CC(=O)c3ccc(F)cc3Cl)cc2)c(C(=O)NCCN(C)C)[nH]1. The Balaban J connectivity index is 1.67. The molecule has 0 fully saturated rings. The standard InChI is InChI=1S/C25H27ClFN5O3/c1-4-21-30-22(24(34)28-11-12-32(2)3)23(31-21)25(35)29-17-8-5-15(6-9-17)13-20(33)18-10-7-16(27)14-19(18)26/h5-10,14H,4,11-13H2,1-3H3,(H,28,34)(H,29,35)(H,30,31). The number of hydrogen-bond acceptors (Lipinski definition) is 5. The zero-order valence-corrected chi connectivity index (χ0v) is 20.5. The number of H-pyrrole nitrogens is 1. The first kappa shape index (κ1) is 26.1. The highest BCUT2D eigenvalue weighted by Gasteiger charge is 2.22. The Morgan fingerprint density at radius 1 is 1.09 bits per heavy atom. The van der Waals surface area contributed by atoms with Crippen molar-refractivity contribution in [2.45, 2.75) is 19.8 Å². The van der Waals surface area contributed by atoms with Gasteiger partial charge in [0.05, 0.1) is 5.02 Å². The van der Waals surface area contributed by atoms with Crippen molar-refractivity contribution >= 4 is 34.9 Å². The van der Waals surface area contributed by atoms with Crippen molar-refractivity contribution in [1.29, 1.82) is 0 Å². The van der Waals surface area contributed by atoms with Crippen molar-refractivity contribution in [3.8, 4) is 0 Å². The third-order valence-corrected chi connectivity index (χ3v) is 5.50. The van der Waals surface area contributed by atoms with Crippen LogP contribution in [0.3, 0.4) is 0 Å². The van der Waals surface area contributed by atoms with E-state index in [2.05, 4.69) is 20.6 Å². The molecule has 3 N–H and O–H groups in total. The lowest BCUT2D eigenvalue weighted by Crippen LogP contribution is -2.32. The number of ketones is 1. The number of carbonyl (C=O) groups excluding carboxylic acids is 3. The van der Waals surface area contributed by atoms with Crippen molar-refractivity contribution in [2.24, 2.45) is 0 Å². The van der Waals surface area contributed by atoms with E-state index in [4.69, 9.17) is 11.6 Å². The highest BCUT2D eigenvalue weighted by atomic mass is 35.5. The molecule has 0 atom stereocenters. The number of aryl methyl sites for hydroxylation is 1. The van der Waals surface area contributed by atoms with E-state index in [1.807, 2.05) is 25.9 Å². The highest BCUT2D eigenvalue weighted by Crippen LogP contribution is 2.20. The molecule has 1 heterocycles. The van der Waals surface area contributed by atoms with Crippen LogP contribution in [0.15, 0.2) is 42.5 Å².